The molecule has 0 aliphatic carbocycles. The number of nitrogens with one attached hydrogen (secondary N) is 1. The number of ether oxygens (including phenoxy) is 1. The molecule has 1 aliphatic heterocycles. The molecule has 1 unspecified atom stereocenters. The van der Waals surface area contributed by atoms with Crippen molar-refractivity contribution in [1.82, 2.24) is 0 Å². The van der Waals surface area contributed by atoms with E-state index in [4.69, 9.17) is 4.74 Å². The third-order valence-electron chi connectivity index (χ3n) is 3.07. The molecule has 1 saturated heterocycles. The average Bonchev–Trinajstić information content (AvgIpc) is 2.70. The summed E-state index contributed by atoms with van der Waals surface area (Å²) in [4.78, 5) is 10.6. The van der Waals surface area contributed by atoms with E-state index in [-0.39, 0.29) is 23.2 Å². The molecule has 1 aromatic rings. The van der Waals surface area contributed by atoms with Gasteiger partial charge in [-0.1, -0.05) is 0 Å². The molecule has 0 saturated carbocycles. The monoisotopic (exact) mass is 300 g/mol. The first kappa shape index (κ1) is 14.6. The van der Waals surface area contributed by atoms with Gasteiger partial charge in [0.25, 0.3) is 5.69 Å². The molecule has 1 aliphatic rings. The first-order chi connectivity index (χ1) is 9.41. The van der Waals surface area contributed by atoms with Crippen LogP contribution in [0.4, 0.5) is 11.4 Å². The Kier molecular flexibility index (Phi) is 4.12. The van der Waals surface area contributed by atoms with Gasteiger partial charge in [-0.25, -0.2) is 8.42 Å². The molecule has 2 rings (SSSR count). The van der Waals surface area contributed by atoms with Crippen LogP contribution >= 0.6 is 0 Å². The van der Waals surface area contributed by atoms with E-state index in [0.717, 1.165) is 0 Å². The zero-order valence-electron chi connectivity index (χ0n) is 11.0. The van der Waals surface area contributed by atoms with Gasteiger partial charge in [0.1, 0.15) is 11.4 Å². The topological polar surface area (TPSA) is 98.5 Å². The molecule has 1 N–H and O–H groups in total. The van der Waals surface area contributed by atoms with Gasteiger partial charge in [-0.3, -0.25) is 10.1 Å². The Bertz CT molecular complexity index is 614. The summed E-state index contributed by atoms with van der Waals surface area (Å²) in [7, 11) is -3.02. The Morgan fingerprint density at radius 3 is 2.80 bits per heavy atom. The normalized spacial score (nSPS) is 20.6. The third-order valence-corrected chi connectivity index (χ3v) is 4.84. The van der Waals surface area contributed by atoms with Gasteiger partial charge in [-0.05, 0) is 25.5 Å². The van der Waals surface area contributed by atoms with E-state index in [1.54, 1.807) is 19.1 Å². The Balaban J connectivity index is 2.21. The van der Waals surface area contributed by atoms with E-state index in [9.17, 15) is 18.5 Å². The lowest BCUT2D eigenvalue weighted by atomic mass is 10.2. The largest absolute Gasteiger partial charge is 0.494 e. The molecular formula is C12H16N2O5S. The van der Waals surface area contributed by atoms with Crippen molar-refractivity contribution in [2.24, 2.45) is 0 Å². The van der Waals surface area contributed by atoms with E-state index in [0.29, 0.717) is 24.5 Å². The van der Waals surface area contributed by atoms with Gasteiger partial charge >= 0.3 is 0 Å². The fraction of sp³-hybridized carbons (Fsp3) is 0.500. The molecule has 1 atom stereocenters. The van der Waals surface area contributed by atoms with Crippen LogP contribution in [0.1, 0.15) is 13.3 Å². The molecule has 110 valence electrons. The van der Waals surface area contributed by atoms with Crippen molar-refractivity contribution in [2.45, 2.75) is 19.4 Å². The van der Waals surface area contributed by atoms with Crippen molar-refractivity contribution in [3.8, 4) is 5.75 Å². The zero-order valence-corrected chi connectivity index (χ0v) is 11.9. The van der Waals surface area contributed by atoms with Crippen molar-refractivity contribution < 1.29 is 18.1 Å². The summed E-state index contributed by atoms with van der Waals surface area (Å²) in [5.41, 5.74) is 0.209. The van der Waals surface area contributed by atoms with E-state index in [1.807, 2.05) is 0 Å². The summed E-state index contributed by atoms with van der Waals surface area (Å²) in [6, 6.07) is 4.24. The van der Waals surface area contributed by atoms with Gasteiger partial charge in [-0.15, -0.1) is 0 Å². The first-order valence-corrected chi connectivity index (χ1v) is 8.11. The molecule has 1 fully saturated rings. The van der Waals surface area contributed by atoms with E-state index >= 15 is 0 Å². The fourth-order valence-corrected chi connectivity index (χ4v) is 3.84. The summed E-state index contributed by atoms with van der Waals surface area (Å²) < 4.78 is 28.0. The lowest BCUT2D eigenvalue weighted by Crippen LogP contribution is -2.21. The number of benzene rings is 1. The summed E-state index contributed by atoms with van der Waals surface area (Å²) in [5, 5.41) is 14.0. The van der Waals surface area contributed by atoms with Crippen LogP contribution in [0.2, 0.25) is 0 Å². The summed E-state index contributed by atoms with van der Waals surface area (Å²) >= 11 is 0. The number of nitro groups is 1. The van der Waals surface area contributed by atoms with Crippen LogP contribution < -0.4 is 10.1 Å². The number of hydrogen-bond acceptors (Lipinski definition) is 6. The number of anilines is 1. The minimum absolute atomic E-state index is 0.0113. The van der Waals surface area contributed by atoms with Crippen LogP contribution in [-0.4, -0.2) is 37.5 Å². The van der Waals surface area contributed by atoms with Crippen LogP contribution in [0.5, 0.6) is 5.75 Å². The van der Waals surface area contributed by atoms with Gasteiger partial charge in [0.2, 0.25) is 0 Å². The quantitative estimate of drug-likeness (QED) is 0.655. The van der Waals surface area contributed by atoms with Gasteiger partial charge < -0.3 is 10.1 Å². The molecule has 0 radical (unpaired) electrons. The Labute approximate surface area is 117 Å². The van der Waals surface area contributed by atoms with Crippen LogP contribution in [0, 0.1) is 10.1 Å². The fourth-order valence-electron chi connectivity index (χ4n) is 2.17. The highest BCUT2D eigenvalue weighted by Crippen LogP contribution is 2.30. The summed E-state index contributed by atoms with van der Waals surface area (Å²) in [5.74, 6) is 0.552. The molecule has 1 aromatic carbocycles. The van der Waals surface area contributed by atoms with Crippen LogP contribution in [0.25, 0.3) is 0 Å². The van der Waals surface area contributed by atoms with Crippen molar-refractivity contribution in [3.05, 3.63) is 28.3 Å². The van der Waals surface area contributed by atoms with Gasteiger partial charge in [0.15, 0.2) is 9.84 Å². The SMILES string of the molecule is CCOc1ccc(NC2CCS(=O)(=O)C2)c([N+](=O)[O-])c1. The Morgan fingerprint density at radius 2 is 2.25 bits per heavy atom. The summed E-state index contributed by atoms with van der Waals surface area (Å²) in [6.07, 6.45) is 0.465. The number of nitrogens with zero attached hydrogens (tertiary/aromatic N) is 1. The molecular weight excluding hydrogens is 284 g/mol. The highest BCUT2D eigenvalue weighted by atomic mass is 32.2. The minimum Gasteiger partial charge on any atom is -0.494 e. The van der Waals surface area contributed by atoms with E-state index in [2.05, 4.69) is 5.32 Å². The van der Waals surface area contributed by atoms with Crippen molar-refractivity contribution in [2.75, 3.05) is 23.4 Å². The smallest absolute Gasteiger partial charge is 0.296 e. The van der Waals surface area contributed by atoms with Gasteiger partial charge in [0.05, 0.1) is 29.1 Å². The standard InChI is InChI=1S/C12H16N2O5S/c1-2-19-10-3-4-11(12(7-10)14(15)16)13-9-5-6-20(17,18)8-9/h3-4,7,9,13H,2,5-6,8H2,1H3. The number of sulfone groups is 1. The molecule has 7 nitrogen and oxygen atoms in total. The number of hydrogen-bond donors (Lipinski definition) is 1. The highest BCUT2D eigenvalue weighted by Gasteiger charge is 2.29. The summed E-state index contributed by atoms with van der Waals surface area (Å²) in [6.45, 7) is 2.21. The second-order valence-electron chi connectivity index (χ2n) is 4.61. The maximum Gasteiger partial charge on any atom is 0.296 e. The second-order valence-corrected chi connectivity index (χ2v) is 6.84. The van der Waals surface area contributed by atoms with E-state index < -0.39 is 14.8 Å². The third kappa shape index (κ3) is 3.38. The predicted octanol–water partition coefficient (Wildman–Crippen LogP) is 1.59. The lowest BCUT2D eigenvalue weighted by molar-refractivity contribution is -0.384. The Hall–Kier alpha value is -1.83. The van der Waals surface area contributed by atoms with E-state index in [1.165, 1.54) is 6.07 Å². The Morgan fingerprint density at radius 1 is 1.50 bits per heavy atom. The molecule has 0 amide bonds. The second kappa shape index (κ2) is 5.66. The lowest BCUT2D eigenvalue weighted by Gasteiger charge is -2.13. The van der Waals surface area contributed by atoms with Crippen LogP contribution in [0.3, 0.4) is 0 Å². The van der Waals surface area contributed by atoms with Gasteiger partial charge in [-0.2, -0.15) is 0 Å². The van der Waals surface area contributed by atoms with Gasteiger partial charge in [0, 0.05) is 6.04 Å². The first-order valence-electron chi connectivity index (χ1n) is 6.29. The minimum atomic E-state index is -3.02. The molecule has 8 heteroatoms. The van der Waals surface area contributed by atoms with Crippen molar-refractivity contribution in [3.63, 3.8) is 0 Å². The predicted molar refractivity (Wildman–Crippen MR) is 74.9 cm³/mol. The highest BCUT2D eigenvalue weighted by molar-refractivity contribution is 7.91. The number of rotatable bonds is 5. The molecule has 0 bridgehead atoms. The van der Waals surface area contributed by atoms with Crippen molar-refractivity contribution >= 4 is 21.2 Å². The zero-order chi connectivity index (χ0) is 14.8. The van der Waals surface area contributed by atoms with Crippen LogP contribution in [-0.2, 0) is 9.84 Å². The average molecular weight is 300 g/mol. The van der Waals surface area contributed by atoms with Crippen LogP contribution in [0.15, 0.2) is 18.2 Å². The maximum absolute atomic E-state index is 11.4. The molecule has 0 spiro atoms. The maximum atomic E-state index is 11.4. The molecule has 20 heavy (non-hydrogen) atoms. The molecule has 0 aromatic heterocycles. The number of nitro benzene ring substituents is 1. The molecule has 1 heterocycles. The van der Waals surface area contributed by atoms with Crippen molar-refractivity contribution in [1.29, 1.82) is 0 Å².